The number of aromatic nitrogens is 3. The first kappa shape index (κ1) is 16.8. The standard InChI is InChI=1S/C21H25N5/c1-13-7-5-8-17(14(13)2)15(3)23-21-18-11-20(26-9-6-10-26)22-12-19(18)16(4)24-25-21/h5,7-8,11-12,15H,6,9-10H2,1-4H3,(H,23,25)/t15-/m1/s1. The van der Waals surface area contributed by atoms with Crippen LogP contribution in [0.15, 0.2) is 30.5 Å². The maximum Gasteiger partial charge on any atom is 0.157 e. The zero-order valence-electron chi connectivity index (χ0n) is 15.9. The van der Waals surface area contributed by atoms with E-state index in [9.17, 15) is 0 Å². The highest BCUT2D eigenvalue weighted by Gasteiger charge is 2.18. The molecule has 0 saturated carbocycles. The molecule has 5 heteroatoms. The summed E-state index contributed by atoms with van der Waals surface area (Å²) in [6, 6.07) is 8.74. The average molecular weight is 347 g/mol. The molecule has 0 bridgehead atoms. The Kier molecular flexibility index (Phi) is 4.23. The Hall–Kier alpha value is -2.69. The summed E-state index contributed by atoms with van der Waals surface area (Å²) in [5, 5.41) is 14.5. The molecule has 1 fully saturated rings. The summed E-state index contributed by atoms with van der Waals surface area (Å²) in [5.41, 5.74) is 4.82. The van der Waals surface area contributed by atoms with E-state index in [1.165, 1.54) is 23.1 Å². The van der Waals surface area contributed by atoms with E-state index in [-0.39, 0.29) is 6.04 Å². The highest BCUT2D eigenvalue weighted by molar-refractivity contribution is 5.94. The monoisotopic (exact) mass is 347 g/mol. The predicted molar refractivity (Wildman–Crippen MR) is 107 cm³/mol. The molecule has 1 atom stereocenters. The fourth-order valence-corrected chi connectivity index (χ4v) is 3.51. The molecule has 0 unspecified atom stereocenters. The summed E-state index contributed by atoms with van der Waals surface area (Å²) in [7, 11) is 0. The van der Waals surface area contributed by atoms with Crippen LogP contribution in [0.2, 0.25) is 0 Å². The minimum absolute atomic E-state index is 0.149. The molecular weight excluding hydrogens is 322 g/mol. The number of nitrogens with zero attached hydrogens (tertiary/aromatic N) is 4. The van der Waals surface area contributed by atoms with Gasteiger partial charge in [-0.2, -0.15) is 5.10 Å². The average Bonchev–Trinajstić information content (AvgIpc) is 2.58. The lowest BCUT2D eigenvalue weighted by molar-refractivity contribution is 0.610. The second-order valence-corrected chi connectivity index (χ2v) is 7.22. The lowest BCUT2D eigenvalue weighted by Crippen LogP contribution is -2.37. The van der Waals surface area contributed by atoms with Crippen LogP contribution < -0.4 is 10.2 Å². The van der Waals surface area contributed by atoms with E-state index in [0.717, 1.165) is 41.2 Å². The second kappa shape index (κ2) is 6.56. The van der Waals surface area contributed by atoms with Crippen LogP contribution in [0.25, 0.3) is 10.8 Å². The van der Waals surface area contributed by atoms with Crippen molar-refractivity contribution < 1.29 is 0 Å². The van der Waals surface area contributed by atoms with Crippen LogP contribution in [0.5, 0.6) is 0 Å². The fraction of sp³-hybridized carbons (Fsp3) is 0.381. The van der Waals surface area contributed by atoms with Crippen molar-refractivity contribution in [3.05, 3.63) is 52.8 Å². The van der Waals surface area contributed by atoms with Gasteiger partial charge in [0.2, 0.25) is 0 Å². The number of nitrogens with one attached hydrogen (secondary N) is 1. The fourth-order valence-electron chi connectivity index (χ4n) is 3.51. The number of hydrogen-bond acceptors (Lipinski definition) is 5. The summed E-state index contributed by atoms with van der Waals surface area (Å²) in [6.07, 6.45) is 3.17. The Morgan fingerprint density at radius 2 is 1.88 bits per heavy atom. The Balaban J connectivity index is 1.73. The number of hydrogen-bond donors (Lipinski definition) is 1. The first-order valence-electron chi connectivity index (χ1n) is 9.25. The van der Waals surface area contributed by atoms with E-state index in [1.54, 1.807) is 0 Å². The van der Waals surface area contributed by atoms with Crippen molar-refractivity contribution in [2.24, 2.45) is 0 Å². The van der Waals surface area contributed by atoms with Crippen molar-refractivity contribution >= 4 is 22.4 Å². The highest BCUT2D eigenvalue weighted by Crippen LogP contribution is 2.30. The molecule has 3 aromatic rings. The maximum absolute atomic E-state index is 4.62. The molecule has 2 aromatic heterocycles. The second-order valence-electron chi connectivity index (χ2n) is 7.22. The third-order valence-corrected chi connectivity index (χ3v) is 5.48. The first-order chi connectivity index (χ1) is 12.5. The Labute approximate surface area is 154 Å². The van der Waals surface area contributed by atoms with Crippen molar-refractivity contribution in [2.75, 3.05) is 23.3 Å². The molecule has 1 N–H and O–H groups in total. The van der Waals surface area contributed by atoms with Gasteiger partial charge in [-0.1, -0.05) is 18.2 Å². The largest absolute Gasteiger partial charge is 0.362 e. The maximum atomic E-state index is 4.62. The number of fused-ring (bicyclic) bond motifs is 1. The van der Waals surface area contributed by atoms with E-state index < -0.39 is 0 Å². The molecular formula is C21H25N5. The van der Waals surface area contributed by atoms with Crippen LogP contribution in [-0.2, 0) is 0 Å². The van der Waals surface area contributed by atoms with Gasteiger partial charge in [-0.05, 0) is 56.9 Å². The van der Waals surface area contributed by atoms with Crippen molar-refractivity contribution in [2.45, 2.75) is 40.2 Å². The van der Waals surface area contributed by atoms with Gasteiger partial charge in [0.05, 0.1) is 11.7 Å². The number of anilines is 2. The van der Waals surface area contributed by atoms with Crippen LogP contribution in [0.1, 0.15) is 41.8 Å². The van der Waals surface area contributed by atoms with E-state index in [0.29, 0.717) is 0 Å². The molecule has 1 aliphatic heterocycles. The van der Waals surface area contributed by atoms with E-state index >= 15 is 0 Å². The van der Waals surface area contributed by atoms with Crippen LogP contribution in [0.4, 0.5) is 11.6 Å². The van der Waals surface area contributed by atoms with Crippen molar-refractivity contribution in [1.82, 2.24) is 15.2 Å². The van der Waals surface area contributed by atoms with Gasteiger partial charge in [0.1, 0.15) is 5.82 Å². The van der Waals surface area contributed by atoms with Crippen LogP contribution >= 0.6 is 0 Å². The van der Waals surface area contributed by atoms with Crippen molar-refractivity contribution in [3.63, 3.8) is 0 Å². The molecule has 0 radical (unpaired) electrons. The lowest BCUT2D eigenvalue weighted by atomic mass is 9.98. The normalized spacial score (nSPS) is 15.0. The summed E-state index contributed by atoms with van der Waals surface area (Å²) >= 11 is 0. The molecule has 0 amide bonds. The summed E-state index contributed by atoms with van der Waals surface area (Å²) < 4.78 is 0. The SMILES string of the molecule is Cc1cccc([C@@H](C)Nc2nnc(C)c3cnc(N4CCC4)cc23)c1C. The molecule has 26 heavy (non-hydrogen) atoms. The molecule has 0 aliphatic carbocycles. The van der Waals surface area contributed by atoms with Gasteiger partial charge in [-0.3, -0.25) is 0 Å². The van der Waals surface area contributed by atoms with E-state index in [1.807, 2.05) is 13.1 Å². The third kappa shape index (κ3) is 2.87. The third-order valence-electron chi connectivity index (χ3n) is 5.48. The number of rotatable bonds is 4. The van der Waals surface area contributed by atoms with E-state index in [4.69, 9.17) is 0 Å². The van der Waals surface area contributed by atoms with E-state index in [2.05, 4.69) is 70.4 Å². The van der Waals surface area contributed by atoms with Gasteiger partial charge in [0, 0.05) is 30.1 Å². The van der Waals surface area contributed by atoms with Gasteiger partial charge in [0.25, 0.3) is 0 Å². The van der Waals surface area contributed by atoms with Crippen LogP contribution in [-0.4, -0.2) is 28.3 Å². The lowest BCUT2D eigenvalue weighted by Gasteiger charge is -2.32. The summed E-state index contributed by atoms with van der Waals surface area (Å²) in [4.78, 5) is 6.92. The van der Waals surface area contributed by atoms with Gasteiger partial charge in [-0.25, -0.2) is 4.98 Å². The Morgan fingerprint density at radius 1 is 1.08 bits per heavy atom. The molecule has 1 aliphatic rings. The molecule has 0 spiro atoms. The zero-order valence-corrected chi connectivity index (χ0v) is 15.9. The molecule has 1 aromatic carbocycles. The number of aryl methyl sites for hydroxylation is 2. The van der Waals surface area contributed by atoms with Gasteiger partial charge in [0.15, 0.2) is 5.82 Å². The van der Waals surface area contributed by atoms with Gasteiger partial charge >= 0.3 is 0 Å². The predicted octanol–water partition coefficient (Wildman–Crippen LogP) is 4.33. The summed E-state index contributed by atoms with van der Waals surface area (Å²) in [6.45, 7) is 10.6. The van der Waals surface area contributed by atoms with Crippen molar-refractivity contribution in [3.8, 4) is 0 Å². The Morgan fingerprint density at radius 3 is 2.62 bits per heavy atom. The number of benzene rings is 1. The van der Waals surface area contributed by atoms with Gasteiger partial charge in [-0.15, -0.1) is 5.10 Å². The molecule has 134 valence electrons. The minimum Gasteiger partial charge on any atom is -0.362 e. The molecule has 1 saturated heterocycles. The smallest absolute Gasteiger partial charge is 0.157 e. The highest BCUT2D eigenvalue weighted by atomic mass is 15.2. The molecule has 3 heterocycles. The minimum atomic E-state index is 0.149. The number of pyridine rings is 1. The molecule has 5 nitrogen and oxygen atoms in total. The first-order valence-corrected chi connectivity index (χ1v) is 9.25. The topological polar surface area (TPSA) is 53.9 Å². The van der Waals surface area contributed by atoms with Crippen molar-refractivity contribution in [1.29, 1.82) is 0 Å². The molecule has 4 rings (SSSR count). The quantitative estimate of drug-likeness (QED) is 0.761. The van der Waals surface area contributed by atoms with Crippen LogP contribution in [0.3, 0.4) is 0 Å². The Bertz CT molecular complexity index is 962. The van der Waals surface area contributed by atoms with Gasteiger partial charge < -0.3 is 10.2 Å². The zero-order chi connectivity index (χ0) is 18.3. The summed E-state index contributed by atoms with van der Waals surface area (Å²) in [5.74, 6) is 1.85. The van der Waals surface area contributed by atoms with Crippen LogP contribution in [0, 0.1) is 20.8 Å².